The van der Waals surface area contributed by atoms with Gasteiger partial charge in [0, 0.05) is 42.5 Å². The van der Waals surface area contributed by atoms with Crippen molar-refractivity contribution in [1.82, 2.24) is 19.3 Å². The van der Waals surface area contributed by atoms with Gasteiger partial charge in [0.15, 0.2) is 11.6 Å². The van der Waals surface area contributed by atoms with Gasteiger partial charge in [-0.1, -0.05) is 11.2 Å². The van der Waals surface area contributed by atoms with Crippen molar-refractivity contribution in [3.05, 3.63) is 75.7 Å². The summed E-state index contributed by atoms with van der Waals surface area (Å²) >= 11 is 0. The Morgan fingerprint density at radius 2 is 2.04 bits per heavy atom. The van der Waals surface area contributed by atoms with E-state index in [1.807, 2.05) is 30.3 Å². The molecule has 0 radical (unpaired) electrons. The van der Waals surface area contributed by atoms with Crippen molar-refractivity contribution in [2.75, 3.05) is 5.32 Å². The first-order chi connectivity index (χ1) is 13.5. The monoisotopic (exact) mass is 377 g/mol. The summed E-state index contributed by atoms with van der Waals surface area (Å²) in [7, 11) is 1.35. The fourth-order valence-electron chi connectivity index (χ4n) is 2.77. The molecular weight excluding hydrogens is 362 g/mol. The second-order valence-corrected chi connectivity index (χ2v) is 6.16. The molecule has 3 aromatic heterocycles. The zero-order valence-corrected chi connectivity index (χ0v) is 14.8. The molecule has 28 heavy (non-hydrogen) atoms. The molecule has 1 amide bonds. The largest absolute Gasteiger partial charge is 0.354 e. The number of aromatic nitrogens is 4. The topological polar surface area (TPSA) is 112 Å². The zero-order chi connectivity index (χ0) is 19.7. The highest BCUT2D eigenvalue weighted by molar-refractivity contribution is 5.90. The Kier molecular flexibility index (Phi) is 4.32. The van der Waals surface area contributed by atoms with Gasteiger partial charge in [-0.25, -0.2) is 4.79 Å². The number of anilines is 1. The van der Waals surface area contributed by atoms with Crippen LogP contribution in [-0.2, 0) is 18.4 Å². The van der Waals surface area contributed by atoms with Crippen molar-refractivity contribution in [3.63, 3.8) is 0 Å². The molecule has 0 saturated heterocycles. The number of carbonyl (C=O) groups is 1. The molecule has 0 aliphatic heterocycles. The first-order valence-corrected chi connectivity index (χ1v) is 8.39. The number of rotatable bonds is 4. The lowest BCUT2D eigenvalue weighted by atomic mass is 10.1. The molecule has 4 rings (SSSR count). The summed E-state index contributed by atoms with van der Waals surface area (Å²) in [6.07, 6.45) is 3.00. The van der Waals surface area contributed by atoms with Crippen LogP contribution in [0, 0.1) is 0 Å². The number of hydrogen-bond acceptors (Lipinski definition) is 6. The minimum Gasteiger partial charge on any atom is -0.354 e. The number of pyridine rings is 1. The number of fused-ring (bicyclic) bond motifs is 1. The molecule has 0 atom stereocenters. The van der Waals surface area contributed by atoms with Crippen LogP contribution in [0.2, 0.25) is 0 Å². The lowest BCUT2D eigenvalue weighted by molar-refractivity contribution is -0.116. The van der Waals surface area contributed by atoms with Crippen LogP contribution in [-0.4, -0.2) is 25.2 Å². The van der Waals surface area contributed by atoms with E-state index in [9.17, 15) is 14.4 Å². The molecule has 1 aromatic carbocycles. The first kappa shape index (κ1) is 17.4. The van der Waals surface area contributed by atoms with Crippen LogP contribution < -0.4 is 16.6 Å². The molecule has 0 spiro atoms. The first-order valence-electron chi connectivity index (χ1n) is 8.39. The van der Waals surface area contributed by atoms with E-state index in [-0.39, 0.29) is 12.4 Å². The van der Waals surface area contributed by atoms with E-state index in [0.717, 1.165) is 25.6 Å². The molecule has 140 valence electrons. The third-order valence-corrected chi connectivity index (χ3v) is 4.24. The summed E-state index contributed by atoms with van der Waals surface area (Å²) in [5.41, 5.74) is 0.645. The summed E-state index contributed by atoms with van der Waals surface area (Å²) < 4.78 is 7.37. The molecular formula is C19H15N5O4. The molecule has 1 N–H and O–H groups in total. The fraction of sp³-hybridized carbons (Fsp3) is 0.105. The highest BCUT2D eigenvalue weighted by atomic mass is 16.5. The van der Waals surface area contributed by atoms with Crippen molar-refractivity contribution in [3.8, 4) is 11.3 Å². The van der Waals surface area contributed by atoms with E-state index in [2.05, 4.69) is 15.5 Å². The Balaban J connectivity index is 1.51. The molecule has 3 heterocycles. The third-order valence-electron chi connectivity index (χ3n) is 4.24. The molecule has 0 saturated carbocycles. The van der Waals surface area contributed by atoms with E-state index in [1.165, 1.54) is 19.3 Å². The van der Waals surface area contributed by atoms with E-state index in [0.29, 0.717) is 5.76 Å². The normalized spacial score (nSPS) is 10.9. The maximum Gasteiger partial charge on any atom is 0.331 e. The van der Waals surface area contributed by atoms with Crippen molar-refractivity contribution < 1.29 is 9.32 Å². The molecule has 0 bridgehead atoms. The third kappa shape index (κ3) is 3.32. The second-order valence-electron chi connectivity index (χ2n) is 6.16. The van der Waals surface area contributed by atoms with E-state index >= 15 is 0 Å². The number of hydrogen-bond donors (Lipinski definition) is 1. The molecule has 0 aliphatic rings. The van der Waals surface area contributed by atoms with Crippen LogP contribution in [0.1, 0.15) is 0 Å². The minimum absolute atomic E-state index is 0.226. The Morgan fingerprint density at radius 1 is 1.18 bits per heavy atom. The van der Waals surface area contributed by atoms with Crippen LogP contribution in [0.5, 0.6) is 0 Å². The quantitative estimate of drug-likeness (QED) is 0.575. The van der Waals surface area contributed by atoms with Crippen LogP contribution in [0.3, 0.4) is 0 Å². The van der Waals surface area contributed by atoms with Crippen molar-refractivity contribution >= 4 is 22.6 Å². The second kappa shape index (κ2) is 6.95. The Bertz CT molecular complexity index is 1300. The lowest BCUT2D eigenvalue weighted by Crippen LogP contribution is -2.38. The fourth-order valence-corrected chi connectivity index (χ4v) is 2.77. The smallest absolute Gasteiger partial charge is 0.331 e. The average Bonchev–Trinajstić information content (AvgIpc) is 3.16. The van der Waals surface area contributed by atoms with Gasteiger partial charge in [-0.15, -0.1) is 0 Å². The maximum atomic E-state index is 12.2. The van der Waals surface area contributed by atoms with Gasteiger partial charge in [-0.05, 0) is 24.3 Å². The molecule has 0 unspecified atom stereocenters. The van der Waals surface area contributed by atoms with E-state index in [4.69, 9.17) is 4.52 Å². The van der Waals surface area contributed by atoms with E-state index in [1.54, 1.807) is 12.3 Å². The minimum atomic E-state index is -0.576. The Hall–Kier alpha value is -4.01. The van der Waals surface area contributed by atoms with Crippen LogP contribution in [0.15, 0.2) is 69.0 Å². The summed E-state index contributed by atoms with van der Waals surface area (Å²) in [5.74, 6) is 0.243. The number of benzene rings is 1. The van der Waals surface area contributed by atoms with Gasteiger partial charge in [0.05, 0.1) is 5.52 Å². The summed E-state index contributed by atoms with van der Waals surface area (Å²) in [5, 5.41) is 7.37. The standard InChI is InChI=1S/C19H15N5O4/c1-23-18(26)6-8-24(19(23)27)11-17(25)21-16-10-15(28-22-16)13-4-5-14-12(9-13)3-2-7-20-14/h2-10H,11H2,1H3,(H,21,22,25). The molecule has 0 fully saturated rings. The van der Waals surface area contributed by atoms with Crippen molar-refractivity contribution in [2.24, 2.45) is 7.05 Å². The zero-order valence-electron chi connectivity index (χ0n) is 14.8. The maximum absolute atomic E-state index is 12.2. The van der Waals surface area contributed by atoms with Gasteiger partial charge in [0.1, 0.15) is 6.54 Å². The van der Waals surface area contributed by atoms with Crippen molar-refractivity contribution in [2.45, 2.75) is 6.54 Å². The predicted octanol–water partition coefficient (Wildman–Crippen LogP) is 1.39. The summed E-state index contributed by atoms with van der Waals surface area (Å²) in [6, 6.07) is 12.2. The van der Waals surface area contributed by atoms with Crippen LogP contribution >= 0.6 is 0 Å². The Labute approximate surface area is 157 Å². The summed E-state index contributed by atoms with van der Waals surface area (Å²) in [4.78, 5) is 39.9. The van der Waals surface area contributed by atoms with Crippen LogP contribution in [0.25, 0.3) is 22.2 Å². The SMILES string of the molecule is Cn1c(=O)ccn(CC(=O)Nc2cc(-c3ccc4ncccc4c3)on2)c1=O. The molecule has 9 nitrogen and oxygen atoms in total. The summed E-state index contributed by atoms with van der Waals surface area (Å²) in [6.45, 7) is -0.253. The van der Waals surface area contributed by atoms with Gasteiger partial charge in [0.25, 0.3) is 5.56 Å². The number of nitrogens with zero attached hydrogens (tertiary/aromatic N) is 4. The van der Waals surface area contributed by atoms with Crippen LogP contribution in [0.4, 0.5) is 5.82 Å². The Morgan fingerprint density at radius 3 is 2.89 bits per heavy atom. The molecule has 9 heteroatoms. The van der Waals surface area contributed by atoms with Crippen molar-refractivity contribution in [1.29, 1.82) is 0 Å². The van der Waals surface area contributed by atoms with Gasteiger partial charge in [0.2, 0.25) is 5.91 Å². The molecule has 0 aliphatic carbocycles. The number of amides is 1. The highest BCUT2D eigenvalue weighted by Gasteiger charge is 2.12. The van der Waals surface area contributed by atoms with Gasteiger partial charge in [-0.3, -0.25) is 23.7 Å². The average molecular weight is 377 g/mol. The number of carbonyl (C=O) groups excluding carboxylic acids is 1. The van der Waals surface area contributed by atoms with Gasteiger partial charge >= 0.3 is 5.69 Å². The lowest BCUT2D eigenvalue weighted by Gasteiger charge is -2.06. The predicted molar refractivity (Wildman–Crippen MR) is 102 cm³/mol. The number of nitrogens with one attached hydrogen (secondary N) is 1. The molecule has 4 aromatic rings. The van der Waals surface area contributed by atoms with Gasteiger partial charge < -0.3 is 9.84 Å². The van der Waals surface area contributed by atoms with E-state index < -0.39 is 17.2 Å². The van der Waals surface area contributed by atoms with Gasteiger partial charge in [-0.2, -0.15) is 0 Å². The highest BCUT2D eigenvalue weighted by Crippen LogP contribution is 2.25.